The Morgan fingerprint density at radius 1 is 0.638 bits per heavy atom. The molecule has 0 saturated heterocycles. The molecule has 0 aromatic heterocycles. The molecule has 0 aliphatic carbocycles. The third-order valence-electron chi connectivity index (χ3n) is 5.30. The Labute approximate surface area is 296 Å². The van der Waals surface area contributed by atoms with Crippen LogP contribution in [0.15, 0.2) is 102 Å². The number of nitrogens with zero attached hydrogens (tertiary/aromatic N) is 9. The molecule has 3 atom stereocenters. The van der Waals surface area contributed by atoms with Crippen molar-refractivity contribution in [2.24, 2.45) is 29.5 Å². The number of hydrogen-bond donors (Lipinski definition) is 0. The van der Waals surface area contributed by atoms with Gasteiger partial charge in [0.05, 0.1) is 46.9 Å². The third-order valence-corrected chi connectivity index (χ3v) is 12.4. The van der Waals surface area contributed by atoms with Crippen LogP contribution in [0, 0.1) is 0 Å². The molecule has 3 unspecified atom stereocenters. The van der Waals surface area contributed by atoms with Gasteiger partial charge in [-0.1, -0.05) is 14.3 Å². The highest BCUT2D eigenvalue weighted by Gasteiger charge is 2.22. The monoisotopic (exact) mass is 800 g/mol. The van der Waals surface area contributed by atoms with Gasteiger partial charge in [0.15, 0.2) is 20.0 Å². The van der Waals surface area contributed by atoms with Gasteiger partial charge in [-0.15, -0.1) is 29.5 Å². The molecule has 0 radical (unpaired) electrons. The van der Waals surface area contributed by atoms with Gasteiger partial charge in [0.25, 0.3) is 8.60 Å². The average Bonchev–Trinajstić information content (AvgIpc) is 3.09. The lowest BCUT2D eigenvalue weighted by Crippen LogP contribution is -2.04. The second-order valence-corrected chi connectivity index (χ2v) is 16.9. The Bertz CT molecular complexity index is 1680. The van der Waals surface area contributed by atoms with E-state index in [9.17, 15) is 0 Å². The molecule has 3 aromatic carbocycles. The van der Waals surface area contributed by atoms with Gasteiger partial charge >= 0.3 is 21.2 Å². The lowest BCUT2D eigenvalue weighted by molar-refractivity contribution is 0.421. The van der Waals surface area contributed by atoms with Crippen LogP contribution in [0.2, 0.25) is 0 Å². The maximum absolute atomic E-state index is 5.93. The lowest BCUT2D eigenvalue weighted by atomic mass is 10.2. The second-order valence-electron chi connectivity index (χ2n) is 8.53. The van der Waals surface area contributed by atoms with Crippen molar-refractivity contribution >= 4 is 101 Å². The minimum Gasteiger partial charge on any atom is -0.423 e. The van der Waals surface area contributed by atoms with E-state index in [1.54, 1.807) is 61.2 Å². The van der Waals surface area contributed by atoms with E-state index in [1.807, 2.05) is 72.8 Å². The molecule has 3 aromatic rings. The molecule has 0 bridgehead atoms. The maximum atomic E-state index is 5.93. The first-order chi connectivity index (χ1) is 22.7. The molecular formula is C25H28N9O4P6S3+3. The van der Waals surface area contributed by atoms with Crippen LogP contribution < -0.4 is 13.6 Å². The quantitative estimate of drug-likeness (QED) is 0.0699. The van der Waals surface area contributed by atoms with Gasteiger partial charge in [-0.05, 0) is 89.5 Å². The fourth-order valence-corrected chi connectivity index (χ4v) is 6.13. The Hall–Kier alpha value is -2.71. The van der Waals surface area contributed by atoms with Crippen molar-refractivity contribution in [1.82, 2.24) is 14.3 Å². The maximum Gasteiger partial charge on any atom is 0.540 e. The summed E-state index contributed by atoms with van der Waals surface area (Å²) in [6.07, 6.45) is 5.11. The van der Waals surface area contributed by atoms with Crippen LogP contribution in [0.3, 0.4) is 0 Å². The molecule has 22 heteroatoms. The largest absolute Gasteiger partial charge is 0.540 e. The van der Waals surface area contributed by atoms with E-state index >= 15 is 0 Å². The van der Waals surface area contributed by atoms with Crippen molar-refractivity contribution in [2.45, 2.75) is 0 Å². The van der Waals surface area contributed by atoms with Crippen LogP contribution in [0.4, 0.5) is 0 Å². The van der Waals surface area contributed by atoms with Crippen molar-refractivity contribution in [3.63, 3.8) is 0 Å². The molecule has 0 saturated carbocycles. The van der Waals surface area contributed by atoms with Crippen molar-refractivity contribution in [2.75, 3.05) is 28.3 Å². The van der Waals surface area contributed by atoms with Gasteiger partial charge in [0, 0.05) is 9.03 Å². The summed E-state index contributed by atoms with van der Waals surface area (Å²) < 4.78 is 31.3. The smallest absolute Gasteiger partial charge is 0.423 e. The van der Waals surface area contributed by atoms with Crippen LogP contribution in [0.1, 0.15) is 16.7 Å². The Morgan fingerprint density at radius 2 is 1.02 bits per heavy atom. The zero-order chi connectivity index (χ0) is 34.0. The number of hydrazone groups is 3. The molecule has 0 spiro atoms. The summed E-state index contributed by atoms with van der Waals surface area (Å²) in [4.78, 5) is 7.06. The first-order valence-electron chi connectivity index (χ1n) is 13.0. The molecule has 242 valence electrons. The van der Waals surface area contributed by atoms with Crippen molar-refractivity contribution in [3.8, 4) is 17.2 Å². The van der Waals surface area contributed by atoms with Crippen LogP contribution in [-0.4, -0.2) is 61.2 Å². The summed E-state index contributed by atoms with van der Waals surface area (Å²) in [5, 5.41) is 13.1. The number of benzene rings is 3. The van der Waals surface area contributed by atoms with Gasteiger partial charge in [0.2, 0.25) is 35.4 Å². The van der Waals surface area contributed by atoms with Gasteiger partial charge in [-0.3, -0.25) is 9.05 Å². The molecule has 0 aliphatic heterocycles. The fourth-order valence-electron chi connectivity index (χ4n) is 2.96. The molecule has 13 nitrogen and oxygen atoms in total. The Balaban J connectivity index is 1.45. The standard InChI is InChI=1S/C25H28N9O4P6S3/c1-32(42(45)35-4)26-17-21-7-13-24(14-8-21)37-44(47)34(3)28-19-22-9-15-25(16-10-22)38-43(46)33(2)27-18-20-5-11-23(12-6-20)36-41-31-40-30-29-39/h5-19,39H,1-4H3/q+3. The highest BCUT2D eigenvalue weighted by atomic mass is 32.4. The zero-order valence-electron chi connectivity index (χ0n) is 25.3. The van der Waals surface area contributed by atoms with E-state index < -0.39 is 21.2 Å². The molecule has 0 heterocycles. The minimum atomic E-state index is -1.43. The van der Waals surface area contributed by atoms with Crippen LogP contribution in [-0.2, 0) is 39.9 Å². The molecule has 0 fully saturated rings. The van der Waals surface area contributed by atoms with E-state index in [2.05, 4.69) is 38.6 Å². The predicted molar refractivity (Wildman–Crippen MR) is 207 cm³/mol. The van der Waals surface area contributed by atoms with Gasteiger partial charge in [-0.25, -0.2) is 0 Å². The summed E-state index contributed by atoms with van der Waals surface area (Å²) in [6.45, 7) is 0. The van der Waals surface area contributed by atoms with Crippen LogP contribution in [0.5, 0.6) is 17.2 Å². The SMILES string of the molecule is CO[P+](=S)N(C)N=Cc1ccc(O[P+](=S)N(C)N=Cc2ccc(O[P+](=S)N(C)N=Cc3ccc(OP=NP=NN=P)cc3)cc2)cc1. The Morgan fingerprint density at radius 3 is 1.40 bits per heavy atom. The Kier molecular flexibility index (Phi) is 17.6. The molecule has 0 aliphatic rings. The average molecular weight is 801 g/mol. The van der Waals surface area contributed by atoms with E-state index in [1.165, 1.54) is 0 Å². The van der Waals surface area contributed by atoms with Crippen LogP contribution in [0.25, 0.3) is 0 Å². The third kappa shape index (κ3) is 14.5. The first-order valence-corrected chi connectivity index (χ1v) is 21.7. The number of hydrogen-bond acceptors (Lipinski definition) is 10. The van der Waals surface area contributed by atoms with Gasteiger partial charge in [0.1, 0.15) is 5.75 Å². The molecule has 3 rings (SSSR count). The van der Waals surface area contributed by atoms with Crippen LogP contribution >= 0.6 is 47.4 Å². The highest BCUT2D eigenvalue weighted by molar-refractivity contribution is 8.02. The normalized spacial score (nSPS) is 12.6. The van der Waals surface area contributed by atoms with Gasteiger partial charge in [-0.2, -0.15) is 4.52 Å². The molecule has 47 heavy (non-hydrogen) atoms. The van der Waals surface area contributed by atoms with E-state index in [-0.39, 0.29) is 0 Å². The first kappa shape index (κ1) is 38.7. The second kappa shape index (κ2) is 21.3. The molecule has 0 N–H and O–H groups in total. The molecule has 0 amide bonds. The van der Waals surface area contributed by atoms with E-state index in [4.69, 9.17) is 53.5 Å². The fraction of sp³-hybridized carbons (Fsp3) is 0.160. The zero-order valence-corrected chi connectivity index (χ0v) is 33.2. The van der Waals surface area contributed by atoms with Gasteiger partial charge < -0.3 is 4.52 Å². The number of rotatable bonds is 18. The van der Waals surface area contributed by atoms with E-state index in [0.717, 1.165) is 16.7 Å². The minimum absolute atomic E-state index is 0.426. The summed E-state index contributed by atoms with van der Waals surface area (Å²) in [7, 11) is 6.62. The van der Waals surface area contributed by atoms with Crippen molar-refractivity contribution in [1.29, 1.82) is 0 Å². The predicted octanol–water partition coefficient (Wildman–Crippen LogP) is 9.32. The van der Waals surface area contributed by atoms with E-state index in [0.29, 0.717) is 34.4 Å². The highest BCUT2D eigenvalue weighted by Crippen LogP contribution is 2.32. The summed E-state index contributed by atoms with van der Waals surface area (Å²) >= 11 is 16.2. The van der Waals surface area contributed by atoms with Crippen molar-refractivity contribution < 1.29 is 18.1 Å². The summed E-state index contributed by atoms with van der Waals surface area (Å²) in [5.74, 6) is 1.93. The summed E-state index contributed by atoms with van der Waals surface area (Å²) in [5.41, 5.74) is 2.62. The lowest BCUT2D eigenvalue weighted by Gasteiger charge is -2.04. The summed E-state index contributed by atoms with van der Waals surface area (Å²) in [6, 6.07) is 22.2. The molecular weight excluding hydrogens is 772 g/mol. The topological polar surface area (TPSA) is 121 Å². The van der Waals surface area contributed by atoms with Crippen molar-refractivity contribution in [3.05, 3.63) is 89.5 Å².